The third kappa shape index (κ3) is 3.79. The summed E-state index contributed by atoms with van der Waals surface area (Å²) in [6.07, 6.45) is 2.24. The highest BCUT2D eigenvalue weighted by Gasteiger charge is 2.41. The van der Waals surface area contributed by atoms with Crippen molar-refractivity contribution < 1.29 is 9.47 Å². The second-order valence-electron chi connectivity index (χ2n) is 7.83. The number of rotatable bonds is 5. The van der Waals surface area contributed by atoms with E-state index in [-0.39, 0.29) is 12.3 Å². The van der Waals surface area contributed by atoms with Gasteiger partial charge in [-0.3, -0.25) is 0 Å². The molecule has 0 unspecified atom stereocenters. The van der Waals surface area contributed by atoms with E-state index in [9.17, 15) is 0 Å². The first-order valence-electron chi connectivity index (χ1n) is 10.3. The quantitative estimate of drug-likeness (QED) is 0.436. The number of halogens is 1. The molecule has 0 N–H and O–H groups in total. The van der Waals surface area contributed by atoms with Crippen molar-refractivity contribution >= 4 is 17.3 Å². The van der Waals surface area contributed by atoms with Crippen LogP contribution in [0.15, 0.2) is 84.5 Å². The van der Waals surface area contributed by atoms with E-state index in [0.717, 1.165) is 40.3 Å². The Morgan fingerprint density at radius 2 is 1.90 bits per heavy atom. The molecule has 0 aromatic heterocycles. The Morgan fingerprint density at radius 1 is 1.13 bits per heavy atom. The maximum absolute atomic E-state index is 6.41. The molecule has 2 aliphatic rings. The third-order valence-electron chi connectivity index (χ3n) is 5.67. The molecule has 3 aromatic carbocycles. The lowest BCUT2D eigenvalue weighted by Crippen LogP contribution is -2.33. The summed E-state index contributed by atoms with van der Waals surface area (Å²) in [7, 11) is 0. The Morgan fingerprint density at radius 3 is 2.65 bits per heavy atom. The predicted octanol–water partition coefficient (Wildman–Crippen LogP) is 6.46. The molecule has 2 aliphatic heterocycles. The number of ether oxygens (including phenoxy) is 2. The maximum Gasteiger partial charge on any atom is 0.213 e. The average Bonchev–Trinajstić information content (AvgIpc) is 3.24. The summed E-state index contributed by atoms with van der Waals surface area (Å²) in [5, 5.41) is 7.78. The molecule has 0 saturated heterocycles. The smallest absolute Gasteiger partial charge is 0.213 e. The van der Waals surface area contributed by atoms with Gasteiger partial charge in [0.25, 0.3) is 0 Å². The van der Waals surface area contributed by atoms with Gasteiger partial charge in [-0.1, -0.05) is 54.1 Å². The Balaban J connectivity index is 1.51. The van der Waals surface area contributed by atoms with E-state index < -0.39 is 0 Å². The Labute approximate surface area is 187 Å². The van der Waals surface area contributed by atoms with Gasteiger partial charge in [0.2, 0.25) is 6.23 Å². The molecule has 2 heterocycles. The molecule has 5 rings (SSSR count). The molecule has 0 aliphatic carbocycles. The number of hydrogen-bond donors (Lipinski definition) is 0. The van der Waals surface area contributed by atoms with Crippen LogP contribution in [0.1, 0.15) is 40.9 Å². The van der Waals surface area contributed by atoms with Crippen molar-refractivity contribution in [1.82, 2.24) is 5.01 Å². The lowest BCUT2D eigenvalue weighted by atomic mass is 9.96. The van der Waals surface area contributed by atoms with E-state index in [1.807, 2.05) is 30.3 Å². The van der Waals surface area contributed by atoms with Crippen molar-refractivity contribution in [3.63, 3.8) is 0 Å². The fourth-order valence-electron chi connectivity index (χ4n) is 4.08. The first-order valence-corrected chi connectivity index (χ1v) is 10.7. The van der Waals surface area contributed by atoms with Gasteiger partial charge in [0.15, 0.2) is 0 Å². The Bertz CT molecular complexity index is 1140. The van der Waals surface area contributed by atoms with Crippen molar-refractivity contribution in [2.24, 2.45) is 5.10 Å². The fraction of sp³-hybridized carbons (Fsp3) is 0.192. The van der Waals surface area contributed by atoms with Crippen molar-refractivity contribution in [2.75, 3.05) is 6.61 Å². The van der Waals surface area contributed by atoms with Crippen molar-refractivity contribution in [3.8, 4) is 11.5 Å². The second kappa shape index (κ2) is 8.12. The largest absolute Gasteiger partial charge is 0.490 e. The molecule has 0 amide bonds. The minimum atomic E-state index is -0.285. The van der Waals surface area contributed by atoms with Gasteiger partial charge in [-0.15, -0.1) is 0 Å². The van der Waals surface area contributed by atoms with Crippen molar-refractivity contribution in [2.45, 2.75) is 25.6 Å². The van der Waals surface area contributed by atoms with Gasteiger partial charge < -0.3 is 9.47 Å². The number of hydrazone groups is 1. The van der Waals surface area contributed by atoms with Crippen LogP contribution in [0.25, 0.3) is 0 Å². The average molecular weight is 431 g/mol. The lowest BCUT2D eigenvalue weighted by molar-refractivity contribution is -0.0190. The summed E-state index contributed by atoms with van der Waals surface area (Å²) in [5.41, 5.74) is 5.46. The van der Waals surface area contributed by atoms with Crippen LogP contribution < -0.4 is 9.47 Å². The van der Waals surface area contributed by atoms with E-state index in [2.05, 4.69) is 54.9 Å². The topological polar surface area (TPSA) is 34.1 Å². The number of aryl methyl sites for hydroxylation is 1. The van der Waals surface area contributed by atoms with Crippen LogP contribution in [0.3, 0.4) is 0 Å². The molecule has 2 atom stereocenters. The van der Waals surface area contributed by atoms with Gasteiger partial charge in [-0.25, -0.2) is 5.01 Å². The standard InChI is InChI=1S/C26H23ClN2O2/c1-3-14-30-21-11-8-18(9-12-21)23-16-24-22-15-20(27)10-13-25(22)31-26(29(24)28-23)19-6-4-17(2)5-7-19/h3-13,15,24,26H,1,14,16H2,2H3/t24-,26-/m1/s1. The molecule has 0 fully saturated rings. The first kappa shape index (κ1) is 19.7. The van der Waals surface area contributed by atoms with Crippen LogP contribution in [-0.4, -0.2) is 17.3 Å². The van der Waals surface area contributed by atoms with E-state index in [0.29, 0.717) is 11.6 Å². The highest BCUT2D eigenvalue weighted by atomic mass is 35.5. The second-order valence-corrected chi connectivity index (χ2v) is 8.27. The summed E-state index contributed by atoms with van der Waals surface area (Å²) in [5.74, 6) is 1.68. The van der Waals surface area contributed by atoms with Crippen LogP contribution in [0.5, 0.6) is 11.5 Å². The number of benzene rings is 3. The molecule has 0 spiro atoms. The van der Waals surface area contributed by atoms with E-state index in [1.165, 1.54) is 5.56 Å². The summed E-state index contributed by atoms with van der Waals surface area (Å²) in [6.45, 7) is 6.26. The maximum atomic E-state index is 6.41. The highest BCUT2D eigenvalue weighted by molar-refractivity contribution is 6.30. The predicted molar refractivity (Wildman–Crippen MR) is 124 cm³/mol. The SMILES string of the molecule is C=CCOc1ccc(C2=NN3[C@H](C2)c2cc(Cl)ccc2O[C@@H]3c2ccc(C)cc2)cc1. The molecule has 5 heteroatoms. The van der Waals surface area contributed by atoms with Crippen LogP contribution in [0.4, 0.5) is 0 Å². The summed E-state index contributed by atoms with van der Waals surface area (Å²) in [4.78, 5) is 0. The zero-order chi connectivity index (χ0) is 21.4. The third-order valence-corrected chi connectivity index (χ3v) is 5.90. The van der Waals surface area contributed by atoms with Gasteiger partial charge in [-0.2, -0.15) is 5.10 Å². The van der Waals surface area contributed by atoms with E-state index in [1.54, 1.807) is 6.08 Å². The number of fused-ring (bicyclic) bond motifs is 3. The summed E-state index contributed by atoms with van der Waals surface area (Å²) >= 11 is 6.32. The van der Waals surface area contributed by atoms with Crippen LogP contribution in [0, 0.1) is 6.92 Å². The molecule has 0 bridgehead atoms. The molecule has 3 aromatic rings. The molecule has 156 valence electrons. The molecular formula is C26H23ClN2O2. The lowest BCUT2D eigenvalue weighted by Gasteiger charge is -2.38. The van der Waals surface area contributed by atoms with Gasteiger partial charge in [0, 0.05) is 22.6 Å². The molecular weight excluding hydrogens is 408 g/mol. The van der Waals surface area contributed by atoms with Crippen molar-refractivity contribution in [3.05, 3.63) is 107 Å². The summed E-state index contributed by atoms with van der Waals surface area (Å²) < 4.78 is 12.0. The monoisotopic (exact) mass is 430 g/mol. The minimum absolute atomic E-state index is 0.0699. The minimum Gasteiger partial charge on any atom is -0.490 e. The van der Waals surface area contributed by atoms with Gasteiger partial charge >= 0.3 is 0 Å². The van der Waals surface area contributed by atoms with E-state index in [4.69, 9.17) is 26.2 Å². The zero-order valence-corrected chi connectivity index (χ0v) is 18.0. The highest BCUT2D eigenvalue weighted by Crippen LogP contribution is 2.48. The first-order chi connectivity index (χ1) is 15.1. The van der Waals surface area contributed by atoms with Gasteiger partial charge in [0.1, 0.15) is 18.1 Å². The van der Waals surface area contributed by atoms with Crippen LogP contribution >= 0.6 is 11.6 Å². The zero-order valence-electron chi connectivity index (χ0n) is 17.3. The number of hydrogen-bond acceptors (Lipinski definition) is 4. The number of nitrogens with zero attached hydrogens (tertiary/aromatic N) is 2. The van der Waals surface area contributed by atoms with Crippen LogP contribution in [0.2, 0.25) is 5.02 Å². The van der Waals surface area contributed by atoms with E-state index >= 15 is 0 Å². The van der Waals surface area contributed by atoms with Gasteiger partial charge in [0.05, 0.1) is 11.8 Å². The van der Waals surface area contributed by atoms with Crippen molar-refractivity contribution in [1.29, 1.82) is 0 Å². The fourth-order valence-corrected chi connectivity index (χ4v) is 4.26. The Kier molecular flexibility index (Phi) is 5.16. The molecule has 4 nitrogen and oxygen atoms in total. The molecule has 0 radical (unpaired) electrons. The van der Waals surface area contributed by atoms with Crippen LogP contribution in [-0.2, 0) is 0 Å². The molecule has 31 heavy (non-hydrogen) atoms. The molecule has 0 saturated carbocycles. The normalized spacial score (nSPS) is 19.2. The Hall–Kier alpha value is -3.24. The van der Waals surface area contributed by atoms with Gasteiger partial charge in [-0.05, 0) is 55.0 Å². The summed E-state index contributed by atoms with van der Waals surface area (Å²) in [6, 6.07) is 22.4.